The Bertz CT molecular complexity index is 896. The normalized spacial score (nSPS) is 15.9. The largest absolute Gasteiger partial charge is 0.479 e. The minimum Gasteiger partial charge on any atom is -0.479 e. The monoisotopic (exact) mass is 384 g/mol. The number of carboxylic acids is 1. The molecule has 0 aliphatic carbocycles. The van der Waals surface area contributed by atoms with E-state index in [0.717, 1.165) is 30.7 Å². The molecule has 28 heavy (non-hydrogen) atoms. The van der Waals surface area contributed by atoms with Gasteiger partial charge < -0.3 is 15.3 Å². The molecule has 3 rings (SSSR count). The fourth-order valence-corrected chi connectivity index (χ4v) is 3.18. The average molecular weight is 384 g/mol. The van der Waals surface area contributed by atoms with Crippen LogP contribution in [0.4, 0.5) is 4.39 Å². The van der Waals surface area contributed by atoms with Crippen molar-refractivity contribution < 1.29 is 23.9 Å². The molecular weight excluding hydrogens is 363 g/mol. The molecule has 1 aliphatic rings. The predicted molar refractivity (Wildman–Crippen MR) is 99.9 cm³/mol. The van der Waals surface area contributed by atoms with Crippen LogP contribution in [0.1, 0.15) is 41.3 Å². The van der Waals surface area contributed by atoms with Crippen LogP contribution >= 0.6 is 0 Å². The van der Waals surface area contributed by atoms with E-state index in [1.54, 1.807) is 29.2 Å². The van der Waals surface area contributed by atoms with Crippen LogP contribution in [0.25, 0.3) is 0 Å². The number of nitrogens with one attached hydrogen (secondary N) is 1. The zero-order chi connectivity index (χ0) is 20.3. The van der Waals surface area contributed by atoms with Gasteiger partial charge in [0.1, 0.15) is 5.82 Å². The Kier molecular flexibility index (Phi) is 5.44. The third-order valence-corrected chi connectivity index (χ3v) is 4.97. The highest BCUT2D eigenvalue weighted by atomic mass is 19.1. The first-order chi connectivity index (χ1) is 13.3. The molecule has 1 aliphatic heterocycles. The van der Waals surface area contributed by atoms with Crippen LogP contribution < -0.4 is 5.32 Å². The fraction of sp³-hybridized carbons (Fsp3) is 0.286. The Morgan fingerprint density at radius 3 is 2.32 bits per heavy atom. The van der Waals surface area contributed by atoms with Gasteiger partial charge in [0, 0.05) is 25.1 Å². The van der Waals surface area contributed by atoms with Gasteiger partial charge in [0.05, 0.1) is 0 Å². The van der Waals surface area contributed by atoms with E-state index in [-0.39, 0.29) is 11.5 Å². The predicted octanol–water partition coefficient (Wildman–Crippen LogP) is 2.68. The van der Waals surface area contributed by atoms with Crippen molar-refractivity contribution in [2.45, 2.75) is 31.8 Å². The van der Waals surface area contributed by atoms with Gasteiger partial charge in [0.15, 0.2) is 5.54 Å². The molecule has 0 spiro atoms. The summed E-state index contributed by atoms with van der Waals surface area (Å²) < 4.78 is 13.2. The van der Waals surface area contributed by atoms with Gasteiger partial charge in [0.2, 0.25) is 5.91 Å². The summed E-state index contributed by atoms with van der Waals surface area (Å²) in [6.07, 6.45) is 1.42. The lowest BCUT2D eigenvalue weighted by Gasteiger charge is -2.27. The van der Waals surface area contributed by atoms with Gasteiger partial charge in [-0.1, -0.05) is 24.3 Å². The van der Waals surface area contributed by atoms with Crippen LogP contribution in [0, 0.1) is 5.82 Å². The maximum Gasteiger partial charge on any atom is 0.333 e. The van der Waals surface area contributed by atoms with Crippen molar-refractivity contribution in [2.24, 2.45) is 0 Å². The van der Waals surface area contributed by atoms with Gasteiger partial charge in [-0.15, -0.1) is 0 Å². The zero-order valence-corrected chi connectivity index (χ0v) is 15.4. The van der Waals surface area contributed by atoms with Crippen LogP contribution in [0.5, 0.6) is 0 Å². The number of carbonyl (C=O) groups excluding carboxylic acids is 2. The SMILES string of the molecule is CC(NC(=O)c1ccc(CN2CCCC2=O)cc1)(C(=O)O)c1ccc(F)cc1. The first-order valence-electron chi connectivity index (χ1n) is 8.98. The first-order valence-corrected chi connectivity index (χ1v) is 8.98. The summed E-state index contributed by atoms with van der Waals surface area (Å²) in [5.74, 6) is -2.18. The summed E-state index contributed by atoms with van der Waals surface area (Å²) in [5, 5.41) is 12.2. The van der Waals surface area contributed by atoms with E-state index in [1.807, 2.05) is 0 Å². The van der Waals surface area contributed by atoms with E-state index < -0.39 is 23.2 Å². The molecule has 1 fully saturated rings. The minimum atomic E-state index is -1.70. The number of aliphatic carboxylic acids is 1. The molecule has 2 aromatic rings. The van der Waals surface area contributed by atoms with E-state index in [1.165, 1.54) is 19.1 Å². The number of amides is 2. The summed E-state index contributed by atoms with van der Waals surface area (Å²) in [7, 11) is 0. The Labute approximate surface area is 162 Å². The van der Waals surface area contributed by atoms with Crippen LogP contribution in [-0.4, -0.2) is 34.3 Å². The van der Waals surface area contributed by atoms with Crippen molar-refractivity contribution in [1.82, 2.24) is 10.2 Å². The second-order valence-corrected chi connectivity index (χ2v) is 7.01. The van der Waals surface area contributed by atoms with Crippen molar-refractivity contribution in [3.05, 3.63) is 71.0 Å². The number of rotatable bonds is 6. The van der Waals surface area contributed by atoms with Crippen LogP contribution in [0.15, 0.2) is 48.5 Å². The molecule has 2 amide bonds. The maximum atomic E-state index is 13.2. The molecule has 1 heterocycles. The van der Waals surface area contributed by atoms with Crippen LogP contribution in [0.2, 0.25) is 0 Å². The summed E-state index contributed by atoms with van der Waals surface area (Å²) in [6, 6.07) is 11.7. The minimum absolute atomic E-state index is 0.123. The van der Waals surface area contributed by atoms with Crippen molar-refractivity contribution in [3.63, 3.8) is 0 Å². The fourth-order valence-electron chi connectivity index (χ4n) is 3.18. The van der Waals surface area contributed by atoms with Crippen LogP contribution in [0.3, 0.4) is 0 Å². The number of likely N-dealkylation sites (tertiary alicyclic amines) is 1. The lowest BCUT2D eigenvalue weighted by atomic mass is 9.91. The molecule has 0 saturated carbocycles. The summed E-state index contributed by atoms with van der Waals surface area (Å²) in [6.45, 7) is 2.58. The molecule has 0 bridgehead atoms. The van der Waals surface area contributed by atoms with Crippen molar-refractivity contribution in [2.75, 3.05) is 6.54 Å². The molecule has 2 aromatic carbocycles. The number of benzene rings is 2. The van der Waals surface area contributed by atoms with Gasteiger partial charge in [-0.3, -0.25) is 9.59 Å². The van der Waals surface area contributed by atoms with E-state index in [2.05, 4.69) is 5.32 Å². The third kappa shape index (κ3) is 4.03. The lowest BCUT2D eigenvalue weighted by molar-refractivity contribution is -0.144. The van der Waals surface area contributed by atoms with E-state index in [4.69, 9.17) is 0 Å². The molecule has 1 unspecified atom stereocenters. The second kappa shape index (κ2) is 7.80. The van der Waals surface area contributed by atoms with Crippen molar-refractivity contribution >= 4 is 17.8 Å². The number of halogens is 1. The molecule has 146 valence electrons. The van der Waals surface area contributed by atoms with Gasteiger partial charge in [-0.05, 0) is 48.7 Å². The first kappa shape index (κ1) is 19.5. The molecule has 0 radical (unpaired) electrons. The summed E-state index contributed by atoms with van der Waals surface area (Å²) >= 11 is 0. The van der Waals surface area contributed by atoms with E-state index >= 15 is 0 Å². The average Bonchev–Trinajstić information content (AvgIpc) is 3.07. The molecular formula is C21H21FN2O4. The van der Waals surface area contributed by atoms with Gasteiger partial charge in [0.25, 0.3) is 5.91 Å². The molecule has 1 atom stereocenters. The van der Waals surface area contributed by atoms with Gasteiger partial charge in [-0.2, -0.15) is 0 Å². The van der Waals surface area contributed by atoms with Crippen molar-refractivity contribution in [1.29, 1.82) is 0 Å². The molecule has 0 aromatic heterocycles. The molecule has 7 heteroatoms. The van der Waals surface area contributed by atoms with Gasteiger partial charge in [-0.25, -0.2) is 9.18 Å². The molecule has 1 saturated heterocycles. The summed E-state index contributed by atoms with van der Waals surface area (Å²) in [4.78, 5) is 37.9. The number of nitrogens with zero attached hydrogens (tertiary/aromatic N) is 1. The number of hydrogen-bond acceptors (Lipinski definition) is 3. The number of carboxylic acid groups (broad SMARTS) is 1. The standard InChI is InChI=1S/C21H21FN2O4/c1-21(20(27)28,16-8-10-17(22)11-9-16)23-19(26)15-6-4-14(5-7-15)13-24-12-2-3-18(24)25/h4-11H,2-3,12-13H2,1H3,(H,23,26)(H,27,28). The summed E-state index contributed by atoms with van der Waals surface area (Å²) in [5.41, 5.74) is -0.248. The van der Waals surface area contributed by atoms with Gasteiger partial charge >= 0.3 is 5.97 Å². The Morgan fingerprint density at radius 1 is 1.14 bits per heavy atom. The van der Waals surface area contributed by atoms with Crippen molar-refractivity contribution in [3.8, 4) is 0 Å². The second-order valence-electron chi connectivity index (χ2n) is 7.01. The topological polar surface area (TPSA) is 86.7 Å². The highest BCUT2D eigenvalue weighted by molar-refractivity contribution is 5.98. The highest BCUT2D eigenvalue weighted by Gasteiger charge is 2.37. The Balaban J connectivity index is 1.74. The quantitative estimate of drug-likeness (QED) is 0.802. The van der Waals surface area contributed by atoms with Crippen LogP contribution in [-0.2, 0) is 21.7 Å². The molecule has 6 nitrogen and oxygen atoms in total. The van der Waals surface area contributed by atoms with E-state index in [0.29, 0.717) is 18.5 Å². The number of carbonyl (C=O) groups is 3. The lowest BCUT2D eigenvalue weighted by Crippen LogP contribution is -2.49. The van der Waals surface area contributed by atoms with E-state index in [9.17, 15) is 23.9 Å². The third-order valence-electron chi connectivity index (χ3n) is 4.97. The zero-order valence-electron chi connectivity index (χ0n) is 15.4. The number of hydrogen-bond donors (Lipinski definition) is 2. The smallest absolute Gasteiger partial charge is 0.333 e. The Morgan fingerprint density at radius 2 is 1.79 bits per heavy atom. The highest BCUT2D eigenvalue weighted by Crippen LogP contribution is 2.23. The molecule has 2 N–H and O–H groups in total. The Hall–Kier alpha value is -3.22. The maximum absolute atomic E-state index is 13.2.